The van der Waals surface area contributed by atoms with Crippen molar-refractivity contribution in [2.45, 2.75) is 90.1 Å². The van der Waals surface area contributed by atoms with E-state index in [1.54, 1.807) is 0 Å². The van der Waals surface area contributed by atoms with Crippen molar-refractivity contribution < 1.29 is 23.4 Å². The molecule has 0 aliphatic carbocycles. The second-order valence-electron chi connectivity index (χ2n) is 11.9. The Morgan fingerprint density at radius 1 is 0.647 bits per heavy atom. The van der Waals surface area contributed by atoms with Gasteiger partial charge in [0.25, 0.3) is 0 Å². The molecule has 0 aromatic heterocycles. The van der Waals surface area contributed by atoms with Crippen LogP contribution in [0.2, 0.25) is 0 Å². The van der Waals surface area contributed by atoms with Gasteiger partial charge in [-0.2, -0.15) is 0 Å². The van der Waals surface area contributed by atoms with Gasteiger partial charge in [0.15, 0.2) is 0 Å². The van der Waals surface area contributed by atoms with Crippen molar-refractivity contribution in [2.24, 2.45) is 0 Å². The van der Waals surface area contributed by atoms with Crippen LogP contribution in [0.25, 0.3) is 0 Å². The third-order valence-electron chi connectivity index (χ3n) is 8.46. The molecule has 0 saturated carbocycles. The highest BCUT2D eigenvalue weighted by atomic mass is 16.7. The van der Waals surface area contributed by atoms with E-state index in [1.807, 2.05) is 0 Å². The maximum absolute atomic E-state index is 6.22. The average molecular weight is 462 g/mol. The molecule has 34 heavy (non-hydrogen) atoms. The van der Waals surface area contributed by atoms with E-state index in [4.69, 9.17) is 23.4 Å². The van der Waals surface area contributed by atoms with Crippen LogP contribution in [0.15, 0.2) is 42.5 Å². The Balaban J connectivity index is 1.28. The van der Waals surface area contributed by atoms with Gasteiger partial charge in [-0.25, -0.2) is 0 Å². The minimum absolute atomic E-state index is 0.308. The van der Waals surface area contributed by atoms with Crippen LogP contribution in [0.3, 0.4) is 0 Å². The van der Waals surface area contributed by atoms with E-state index >= 15 is 0 Å². The van der Waals surface area contributed by atoms with Crippen molar-refractivity contribution in [3.63, 3.8) is 0 Å². The number of fused-ring (bicyclic) bond motifs is 1. The van der Waals surface area contributed by atoms with Crippen molar-refractivity contribution >= 4 is 25.2 Å². The van der Waals surface area contributed by atoms with Crippen molar-refractivity contribution in [1.29, 1.82) is 0 Å². The zero-order valence-corrected chi connectivity index (χ0v) is 21.7. The van der Waals surface area contributed by atoms with Crippen LogP contribution in [-0.2, 0) is 25.0 Å². The lowest BCUT2D eigenvalue weighted by Crippen LogP contribution is -2.41. The standard InChI is InChI=1S/C27H36B2O5/c1-24(2)25(3,4)32-28(31-24)21-12-9-18(10-13-21)20-15-19-11-14-22(16-23(19)30-17-20)29-33-26(5,6)27(7,8)34-29/h9-14,16,20H,15,17H2,1-8H3. The maximum atomic E-state index is 6.22. The first kappa shape index (κ1) is 23.9. The molecule has 1 unspecified atom stereocenters. The normalized spacial score (nSPS) is 26.3. The van der Waals surface area contributed by atoms with Gasteiger partial charge >= 0.3 is 14.2 Å². The summed E-state index contributed by atoms with van der Waals surface area (Å²) in [5, 5.41) is 0. The molecule has 3 aliphatic heterocycles. The summed E-state index contributed by atoms with van der Waals surface area (Å²) in [5.74, 6) is 1.24. The highest BCUT2D eigenvalue weighted by Crippen LogP contribution is 2.38. The molecule has 2 saturated heterocycles. The Hall–Kier alpha value is -1.79. The quantitative estimate of drug-likeness (QED) is 0.646. The molecule has 2 aromatic carbocycles. The molecule has 0 radical (unpaired) electrons. The van der Waals surface area contributed by atoms with Crippen LogP contribution < -0.4 is 15.7 Å². The molecule has 5 rings (SSSR count). The molecule has 1 atom stereocenters. The van der Waals surface area contributed by atoms with Crippen LogP contribution in [0, 0.1) is 0 Å². The molecule has 0 N–H and O–H groups in total. The maximum Gasteiger partial charge on any atom is 0.494 e. The van der Waals surface area contributed by atoms with Crippen molar-refractivity contribution in [1.82, 2.24) is 0 Å². The third-order valence-corrected chi connectivity index (χ3v) is 8.46. The second kappa shape index (κ2) is 7.86. The summed E-state index contributed by atoms with van der Waals surface area (Å²) >= 11 is 0. The smallest absolute Gasteiger partial charge is 0.493 e. The summed E-state index contributed by atoms with van der Waals surface area (Å²) in [6.07, 6.45) is 0.939. The number of rotatable bonds is 3. The van der Waals surface area contributed by atoms with Crippen LogP contribution in [-0.4, -0.2) is 43.2 Å². The molecule has 180 valence electrons. The molecule has 0 bridgehead atoms. The van der Waals surface area contributed by atoms with E-state index < -0.39 is 0 Å². The summed E-state index contributed by atoms with van der Waals surface area (Å²) in [6, 6.07) is 14.9. The second-order valence-corrected chi connectivity index (χ2v) is 11.9. The first-order valence-electron chi connectivity index (χ1n) is 12.3. The van der Waals surface area contributed by atoms with Gasteiger partial charge in [-0.05, 0) is 89.9 Å². The molecule has 0 amide bonds. The largest absolute Gasteiger partial charge is 0.494 e. The minimum atomic E-state index is -0.376. The molecule has 2 fully saturated rings. The van der Waals surface area contributed by atoms with Gasteiger partial charge < -0.3 is 23.4 Å². The Labute approximate surface area is 204 Å². The summed E-state index contributed by atoms with van der Waals surface area (Å²) < 4.78 is 31.0. The molecular weight excluding hydrogens is 426 g/mol. The third kappa shape index (κ3) is 4.01. The van der Waals surface area contributed by atoms with E-state index in [9.17, 15) is 0 Å². The van der Waals surface area contributed by atoms with E-state index in [2.05, 4.69) is 97.9 Å². The van der Waals surface area contributed by atoms with Gasteiger partial charge in [-0.1, -0.05) is 36.4 Å². The van der Waals surface area contributed by atoms with E-state index in [1.165, 1.54) is 11.1 Å². The summed E-state index contributed by atoms with van der Waals surface area (Å²) in [7, 11) is -0.713. The monoisotopic (exact) mass is 462 g/mol. The van der Waals surface area contributed by atoms with Gasteiger partial charge in [0.1, 0.15) is 5.75 Å². The zero-order valence-electron chi connectivity index (χ0n) is 21.7. The number of ether oxygens (including phenoxy) is 1. The van der Waals surface area contributed by atoms with Crippen LogP contribution >= 0.6 is 0 Å². The Kier molecular flexibility index (Phi) is 5.53. The molecule has 5 nitrogen and oxygen atoms in total. The van der Waals surface area contributed by atoms with Gasteiger partial charge in [-0.3, -0.25) is 0 Å². The van der Waals surface area contributed by atoms with Gasteiger partial charge in [0.2, 0.25) is 0 Å². The van der Waals surface area contributed by atoms with E-state index in [-0.39, 0.29) is 36.6 Å². The van der Waals surface area contributed by atoms with Crippen LogP contribution in [0.5, 0.6) is 5.75 Å². The summed E-state index contributed by atoms with van der Waals surface area (Å²) in [6.45, 7) is 17.3. The Morgan fingerprint density at radius 2 is 1.12 bits per heavy atom. The fourth-order valence-corrected chi connectivity index (χ4v) is 4.63. The predicted octanol–water partition coefficient (Wildman–Crippen LogP) is 4.00. The zero-order chi connectivity index (χ0) is 24.5. The molecule has 0 spiro atoms. The number of benzene rings is 2. The van der Waals surface area contributed by atoms with Gasteiger partial charge in [-0.15, -0.1) is 0 Å². The highest BCUT2D eigenvalue weighted by Gasteiger charge is 2.52. The summed E-state index contributed by atoms with van der Waals surface area (Å²) in [4.78, 5) is 0. The van der Waals surface area contributed by atoms with Crippen molar-refractivity contribution in [3.8, 4) is 5.75 Å². The van der Waals surface area contributed by atoms with Crippen LogP contribution in [0.1, 0.15) is 72.4 Å². The Morgan fingerprint density at radius 3 is 1.65 bits per heavy atom. The minimum Gasteiger partial charge on any atom is -0.493 e. The van der Waals surface area contributed by atoms with Crippen LogP contribution in [0.4, 0.5) is 0 Å². The fraction of sp³-hybridized carbons (Fsp3) is 0.556. The SMILES string of the molecule is CC1(C)OB(c2ccc(C3COc4cc(B5OC(C)(C)C(C)(C)O5)ccc4C3)cc2)OC1(C)C. The molecular formula is C27H36B2O5. The van der Waals surface area contributed by atoms with Gasteiger partial charge in [0, 0.05) is 5.92 Å². The topological polar surface area (TPSA) is 46.2 Å². The Bertz CT molecular complexity index is 1040. The first-order valence-corrected chi connectivity index (χ1v) is 12.3. The lowest BCUT2D eigenvalue weighted by molar-refractivity contribution is 0.00578. The fourth-order valence-electron chi connectivity index (χ4n) is 4.63. The van der Waals surface area contributed by atoms with E-state index in [0.717, 1.165) is 23.1 Å². The lowest BCUT2D eigenvalue weighted by Gasteiger charge is -2.32. The predicted molar refractivity (Wildman–Crippen MR) is 136 cm³/mol. The average Bonchev–Trinajstić information content (AvgIpc) is 3.12. The molecule has 3 heterocycles. The van der Waals surface area contributed by atoms with Crippen molar-refractivity contribution in [2.75, 3.05) is 6.61 Å². The molecule has 7 heteroatoms. The molecule has 2 aromatic rings. The molecule has 3 aliphatic rings. The number of hydrogen-bond donors (Lipinski definition) is 0. The summed E-state index contributed by atoms with van der Waals surface area (Å²) in [5.41, 5.74) is 3.14. The highest BCUT2D eigenvalue weighted by molar-refractivity contribution is 6.62. The van der Waals surface area contributed by atoms with E-state index in [0.29, 0.717) is 12.5 Å². The van der Waals surface area contributed by atoms with Gasteiger partial charge in [0.05, 0.1) is 29.0 Å². The first-order chi connectivity index (χ1) is 15.8. The van der Waals surface area contributed by atoms with Crippen molar-refractivity contribution in [3.05, 3.63) is 53.6 Å². The number of hydrogen-bond acceptors (Lipinski definition) is 5. The lowest BCUT2D eigenvalue weighted by atomic mass is 9.77.